The van der Waals surface area contributed by atoms with Crippen LogP contribution in [-0.2, 0) is 9.09 Å². The molecule has 15 heavy (non-hydrogen) atoms. The number of hydrogen-bond donors (Lipinski definition) is 3. The van der Waals surface area contributed by atoms with Crippen LogP contribution in [0.5, 0.6) is 5.75 Å². The van der Waals surface area contributed by atoms with Gasteiger partial charge in [0.05, 0.1) is 6.61 Å². The van der Waals surface area contributed by atoms with Gasteiger partial charge in [0.15, 0.2) is 0 Å². The zero-order valence-electron chi connectivity index (χ0n) is 7.98. The lowest BCUT2D eigenvalue weighted by Gasteiger charge is -1.99. The van der Waals surface area contributed by atoms with Gasteiger partial charge in [-0.15, -0.1) is 6.58 Å². The van der Waals surface area contributed by atoms with Gasteiger partial charge >= 0.3 is 6.80 Å². The van der Waals surface area contributed by atoms with Crippen LogP contribution in [0.3, 0.4) is 0 Å². The Morgan fingerprint density at radius 3 is 2.20 bits per heavy atom. The van der Waals surface area contributed by atoms with Gasteiger partial charge in [0, 0.05) is 0 Å². The summed E-state index contributed by atoms with van der Waals surface area (Å²) in [6.07, 6.45) is 1.37. The first-order chi connectivity index (χ1) is 6.95. The van der Waals surface area contributed by atoms with Crippen molar-refractivity contribution in [3.8, 4) is 5.75 Å². The molecular weight excluding hydrogens is 235 g/mol. The standard InChI is InChI=1S/C6H6O.C3H7O3PS/c7-6-4-2-1-3-5-6;1-2-3-6-7(4,5)8/h1-5,7H;2H,1,3H2,(H2,4,5,8). The molecule has 1 aromatic rings. The number of aromatic hydroxyl groups is 1. The van der Waals surface area contributed by atoms with Gasteiger partial charge in [0.2, 0.25) is 0 Å². The number of hydrogen-bond acceptors (Lipinski definition) is 3. The molecule has 1 unspecified atom stereocenters. The van der Waals surface area contributed by atoms with E-state index in [0.717, 1.165) is 0 Å². The Morgan fingerprint density at radius 1 is 1.47 bits per heavy atom. The second-order valence-electron chi connectivity index (χ2n) is 2.41. The molecule has 0 aliphatic heterocycles. The van der Waals surface area contributed by atoms with Gasteiger partial charge in [0.25, 0.3) is 0 Å². The quantitative estimate of drug-likeness (QED) is 0.437. The lowest BCUT2D eigenvalue weighted by molar-refractivity contribution is 0.306. The summed E-state index contributed by atoms with van der Waals surface area (Å²) < 4.78 is 14.4. The molecule has 0 heterocycles. The third-order valence-electron chi connectivity index (χ3n) is 1.12. The first-order valence-corrected chi connectivity index (χ1v) is 6.73. The van der Waals surface area contributed by atoms with E-state index in [4.69, 9.17) is 10.00 Å². The average Bonchev–Trinajstić information content (AvgIpc) is 2.16. The van der Waals surface area contributed by atoms with Crippen LogP contribution in [0.2, 0.25) is 0 Å². The molecule has 0 amide bonds. The molecule has 2 N–H and O–H groups in total. The number of para-hydroxylation sites is 1. The van der Waals surface area contributed by atoms with Crippen LogP contribution < -0.4 is 0 Å². The van der Waals surface area contributed by atoms with Crippen LogP contribution in [0, 0.1) is 0 Å². The van der Waals surface area contributed by atoms with E-state index in [-0.39, 0.29) is 6.61 Å². The molecular formula is C9H13O4PS. The highest BCUT2D eigenvalue weighted by atomic mass is 32.7. The molecule has 1 rings (SSSR count). The minimum atomic E-state index is -3.56. The third-order valence-corrected chi connectivity index (χ3v) is 1.95. The number of benzene rings is 1. The van der Waals surface area contributed by atoms with Gasteiger partial charge in [-0.3, -0.25) is 4.52 Å². The first-order valence-electron chi connectivity index (χ1n) is 4.00. The minimum Gasteiger partial charge on any atom is -0.508 e. The fraction of sp³-hybridized carbons (Fsp3) is 0.111. The summed E-state index contributed by atoms with van der Waals surface area (Å²) in [6, 6.07) is 8.71. The van der Waals surface area contributed by atoms with E-state index in [9.17, 15) is 4.57 Å². The van der Waals surface area contributed by atoms with Crippen LogP contribution in [-0.4, -0.2) is 16.6 Å². The maximum atomic E-state index is 10.1. The SMILES string of the molecule is C=CCOP(=O)(O)S.Oc1ccccc1. The smallest absolute Gasteiger partial charge is 0.383 e. The van der Waals surface area contributed by atoms with Gasteiger partial charge < -0.3 is 10.00 Å². The van der Waals surface area contributed by atoms with Gasteiger partial charge in [-0.25, -0.2) is 4.57 Å². The van der Waals surface area contributed by atoms with Crippen molar-refractivity contribution in [2.75, 3.05) is 6.61 Å². The number of rotatable bonds is 3. The van der Waals surface area contributed by atoms with Gasteiger partial charge in [-0.05, 0) is 12.1 Å². The highest BCUT2D eigenvalue weighted by Gasteiger charge is 2.08. The van der Waals surface area contributed by atoms with Crippen molar-refractivity contribution in [3.05, 3.63) is 43.0 Å². The number of phenols is 1. The molecule has 0 saturated carbocycles. The highest BCUT2D eigenvalue weighted by Crippen LogP contribution is 2.46. The maximum Gasteiger partial charge on any atom is 0.383 e. The second kappa shape index (κ2) is 7.54. The Morgan fingerprint density at radius 2 is 2.00 bits per heavy atom. The van der Waals surface area contributed by atoms with Crippen LogP contribution in [0.1, 0.15) is 0 Å². The maximum absolute atomic E-state index is 10.1. The average molecular weight is 248 g/mol. The van der Waals surface area contributed by atoms with E-state index in [1.807, 2.05) is 6.07 Å². The summed E-state index contributed by atoms with van der Waals surface area (Å²) in [4.78, 5) is 8.30. The van der Waals surface area contributed by atoms with Gasteiger partial charge in [-0.2, -0.15) is 0 Å². The Hall–Kier alpha value is -0.740. The van der Waals surface area contributed by atoms with E-state index in [1.54, 1.807) is 24.3 Å². The van der Waals surface area contributed by atoms with Crippen molar-refractivity contribution in [1.29, 1.82) is 0 Å². The Labute approximate surface area is 93.9 Å². The zero-order chi connectivity index (χ0) is 11.7. The Bertz CT molecular complexity index is 322. The van der Waals surface area contributed by atoms with Crippen molar-refractivity contribution in [3.63, 3.8) is 0 Å². The fourth-order valence-corrected chi connectivity index (χ4v) is 1.08. The normalized spacial score (nSPS) is 13.2. The number of phenolic OH excluding ortho intramolecular Hbond substituents is 1. The molecule has 1 atom stereocenters. The largest absolute Gasteiger partial charge is 0.508 e. The Balaban J connectivity index is 0.000000262. The monoisotopic (exact) mass is 248 g/mol. The molecule has 4 nitrogen and oxygen atoms in total. The summed E-state index contributed by atoms with van der Waals surface area (Å²) in [5.74, 6) is 0.322. The van der Waals surface area contributed by atoms with Crippen molar-refractivity contribution < 1.29 is 19.1 Å². The van der Waals surface area contributed by atoms with Crippen LogP contribution in [0.15, 0.2) is 43.0 Å². The molecule has 84 valence electrons. The molecule has 0 bridgehead atoms. The third kappa shape index (κ3) is 11.2. The van der Waals surface area contributed by atoms with E-state index >= 15 is 0 Å². The minimum absolute atomic E-state index is 0.0529. The topological polar surface area (TPSA) is 66.8 Å². The molecule has 0 radical (unpaired) electrons. The van der Waals surface area contributed by atoms with Crippen LogP contribution in [0.25, 0.3) is 0 Å². The molecule has 0 saturated heterocycles. The lowest BCUT2D eigenvalue weighted by atomic mass is 10.3. The predicted molar refractivity (Wildman–Crippen MR) is 63.1 cm³/mol. The first kappa shape index (κ1) is 14.3. The molecule has 1 aromatic carbocycles. The van der Waals surface area contributed by atoms with Crippen molar-refractivity contribution in [2.45, 2.75) is 0 Å². The molecule has 0 aliphatic rings. The summed E-state index contributed by atoms with van der Waals surface area (Å²) >= 11 is 3.23. The highest BCUT2D eigenvalue weighted by molar-refractivity contribution is 8.44. The molecule has 0 aromatic heterocycles. The zero-order valence-corrected chi connectivity index (χ0v) is 9.77. The lowest BCUT2D eigenvalue weighted by Crippen LogP contribution is -1.81. The van der Waals surface area contributed by atoms with Gasteiger partial charge in [0.1, 0.15) is 5.75 Å². The van der Waals surface area contributed by atoms with E-state index in [2.05, 4.69) is 23.4 Å². The van der Waals surface area contributed by atoms with Crippen LogP contribution in [0.4, 0.5) is 0 Å². The Kier molecular flexibility index (Phi) is 7.17. The van der Waals surface area contributed by atoms with E-state index < -0.39 is 6.80 Å². The summed E-state index contributed by atoms with van der Waals surface area (Å²) in [7, 11) is 0. The van der Waals surface area contributed by atoms with E-state index in [0.29, 0.717) is 5.75 Å². The van der Waals surface area contributed by atoms with E-state index in [1.165, 1.54) is 6.08 Å². The molecule has 6 heteroatoms. The fourth-order valence-electron chi connectivity index (χ4n) is 0.578. The molecule has 0 fully saturated rings. The van der Waals surface area contributed by atoms with Gasteiger partial charge in [-0.1, -0.05) is 36.5 Å². The van der Waals surface area contributed by atoms with Crippen molar-refractivity contribution in [2.24, 2.45) is 0 Å². The molecule has 0 aliphatic carbocycles. The predicted octanol–water partition coefficient (Wildman–Crippen LogP) is 2.61. The van der Waals surface area contributed by atoms with Crippen molar-refractivity contribution in [1.82, 2.24) is 0 Å². The van der Waals surface area contributed by atoms with Crippen LogP contribution >= 0.6 is 19.0 Å². The second-order valence-corrected chi connectivity index (χ2v) is 5.17. The summed E-state index contributed by atoms with van der Waals surface area (Å²) in [5, 5.41) is 8.63. The van der Waals surface area contributed by atoms with Crippen molar-refractivity contribution >= 4 is 19.0 Å². The summed E-state index contributed by atoms with van der Waals surface area (Å²) in [5.41, 5.74) is 0. The molecule has 0 spiro atoms. The number of thiol groups is 1. The summed E-state index contributed by atoms with van der Waals surface area (Å²) in [6.45, 7) is -0.234.